The van der Waals surface area contributed by atoms with Crippen LogP contribution in [0.15, 0.2) is 42.5 Å². The maximum absolute atomic E-state index is 12.8. The fraction of sp³-hybridized carbons (Fsp3) is 0.316. The van der Waals surface area contributed by atoms with Crippen molar-refractivity contribution in [2.45, 2.75) is 20.3 Å². The number of hydrogen-bond acceptors (Lipinski definition) is 2. The second kappa shape index (κ2) is 8.91. The van der Waals surface area contributed by atoms with Gasteiger partial charge in [0, 0.05) is 6.54 Å². The first kappa shape index (κ1) is 17.8. The van der Waals surface area contributed by atoms with E-state index < -0.39 is 0 Å². The number of carbonyl (C=O) groups is 1. The van der Waals surface area contributed by atoms with Crippen LogP contribution in [0.5, 0.6) is 5.75 Å². The minimum Gasteiger partial charge on any atom is -0.492 e. The number of ether oxygens (including phenoxy) is 1. The van der Waals surface area contributed by atoms with Crippen LogP contribution in [0, 0.1) is 19.7 Å². The Hall–Kier alpha value is -2.56. The third-order valence-electron chi connectivity index (χ3n) is 3.75. The molecular weight excluding hydrogens is 307 g/mol. The Kier molecular flexibility index (Phi) is 6.61. The number of urea groups is 1. The largest absolute Gasteiger partial charge is 0.492 e. The molecule has 0 aliphatic carbocycles. The quantitative estimate of drug-likeness (QED) is 0.765. The van der Waals surface area contributed by atoms with E-state index in [4.69, 9.17) is 4.74 Å². The number of amides is 2. The first-order valence-corrected chi connectivity index (χ1v) is 8.01. The monoisotopic (exact) mass is 330 g/mol. The normalized spacial score (nSPS) is 10.3. The Bertz CT molecular complexity index is 672. The molecule has 0 saturated heterocycles. The van der Waals surface area contributed by atoms with Gasteiger partial charge >= 0.3 is 6.03 Å². The summed E-state index contributed by atoms with van der Waals surface area (Å²) >= 11 is 0. The van der Waals surface area contributed by atoms with E-state index in [1.54, 1.807) is 12.1 Å². The average Bonchev–Trinajstić information content (AvgIpc) is 2.56. The highest BCUT2D eigenvalue weighted by molar-refractivity contribution is 5.73. The zero-order valence-corrected chi connectivity index (χ0v) is 14.1. The molecule has 2 amide bonds. The zero-order chi connectivity index (χ0) is 17.4. The summed E-state index contributed by atoms with van der Waals surface area (Å²) < 4.78 is 18.4. The lowest BCUT2D eigenvalue weighted by atomic mass is 10.1. The van der Waals surface area contributed by atoms with Crippen LogP contribution in [0.3, 0.4) is 0 Å². The van der Waals surface area contributed by atoms with Gasteiger partial charge in [-0.25, -0.2) is 9.18 Å². The minimum absolute atomic E-state index is 0.235. The second-order valence-corrected chi connectivity index (χ2v) is 5.65. The van der Waals surface area contributed by atoms with Gasteiger partial charge in [-0.05, 0) is 61.2 Å². The molecule has 0 saturated carbocycles. The van der Waals surface area contributed by atoms with Crippen molar-refractivity contribution < 1.29 is 13.9 Å². The fourth-order valence-electron chi connectivity index (χ4n) is 2.17. The summed E-state index contributed by atoms with van der Waals surface area (Å²) in [6.07, 6.45) is 0.660. The molecule has 0 spiro atoms. The molecule has 2 N–H and O–H groups in total. The average molecular weight is 330 g/mol. The van der Waals surface area contributed by atoms with Crippen LogP contribution in [-0.4, -0.2) is 25.7 Å². The number of halogens is 1. The second-order valence-electron chi connectivity index (χ2n) is 5.65. The molecule has 2 aromatic carbocycles. The molecule has 0 aromatic heterocycles. The van der Waals surface area contributed by atoms with Gasteiger partial charge in [-0.3, -0.25) is 0 Å². The van der Waals surface area contributed by atoms with Crippen LogP contribution < -0.4 is 15.4 Å². The molecule has 0 aliphatic rings. The minimum atomic E-state index is -0.256. The summed E-state index contributed by atoms with van der Waals surface area (Å²) in [4.78, 5) is 11.7. The van der Waals surface area contributed by atoms with E-state index in [1.807, 2.05) is 25.1 Å². The summed E-state index contributed by atoms with van der Waals surface area (Å²) in [7, 11) is 0. The van der Waals surface area contributed by atoms with Crippen molar-refractivity contribution in [1.82, 2.24) is 10.6 Å². The molecule has 2 aromatic rings. The number of rotatable bonds is 7. The molecule has 0 bridgehead atoms. The molecule has 128 valence electrons. The summed E-state index contributed by atoms with van der Waals surface area (Å²) in [6.45, 7) is 5.42. The van der Waals surface area contributed by atoms with E-state index >= 15 is 0 Å². The third-order valence-corrected chi connectivity index (χ3v) is 3.75. The highest BCUT2D eigenvalue weighted by Gasteiger charge is 2.01. The van der Waals surface area contributed by atoms with Crippen molar-refractivity contribution in [2.75, 3.05) is 19.7 Å². The Morgan fingerprint density at radius 2 is 1.71 bits per heavy atom. The third kappa shape index (κ3) is 5.91. The predicted octanol–water partition coefficient (Wildman–Crippen LogP) is 3.36. The summed E-state index contributed by atoms with van der Waals surface area (Å²) in [5.41, 5.74) is 3.38. The molecule has 0 radical (unpaired) electrons. The van der Waals surface area contributed by atoms with E-state index in [2.05, 4.69) is 17.6 Å². The van der Waals surface area contributed by atoms with Crippen LogP contribution in [0.1, 0.15) is 16.7 Å². The molecule has 0 heterocycles. The van der Waals surface area contributed by atoms with Crippen LogP contribution >= 0.6 is 0 Å². The smallest absolute Gasteiger partial charge is 0.314 e. The van der Waals surface area contributed by atoms with Gasteiger partial charge in [0.1, 0.15) is 18.2 Å². The predicted molar refractivity (Wildman–Crippen MR) is 92.9 cm³/mol. The van der Waals surface area contributed by atoms with E-state index in [-0.39, 0.29) is 11.8 Å². The molecule has 5 heteroatoms. The topological polar surface area (TPSA) is 50.4 Å². The molecule has 0 fully saturated rings. The first-order valence-electron chi connectivity index (χ1n) is 8.01. The molecule has 0 atom stereocenters. The van der Waals surface area contributed by atoms with Gasteiger partial charge in [-0.2, -0.15) is 0 Å². The van der Waals surface area contributed by atoms with Gasteiger partial charge in [0.15, 0.2) is 0 Å². The lowest BCUT2D eigenvalue weighted by Crippen LogP contribution is -2.38. The zero-order valence-electron chi connectivity index (χ0n) is 14.1. The van der Waals surface area contributed by atoms with E-state index in [9.17, 15) is 9.18 Å². The summed E-state index contributed by atoms with van der Waals surface area (Å²) in [6, 6.07) is 11.9. The fourth-order valence-corrected chi connectivity index (χ4v) is 2.17. The maximum atomic E-state index is 12.8. The molecular formula is C19H23FN2O2. The van der Waals surface area contributed by atoms with Gasteiger partial charge in [-0.1, -0.05) is 18.2 Å². The standard InChI is InChI=1S/C19H23FN2O2/c1-14-3-8-18(13-15(14)2)24-12-11-22-19(23)21-10-9-16-4-6-17(20)7-5-16/h3-8,13H,9-12H2,1-2H3,(H2,21,22,23). The number of benzene rings is 2. The molecule has 0 aliphatic heterocycles. The van der Waals surface area contributed by atoms with Crippen molar-refractivity contribution in [2.24, 2.45) is 0 Å². The summed E-state index contributed by atoms with van der Waals surface area (Å²) in [5, 5.41) is 5.50. The van der Waals surface area contributed by atoms with Gasteiger partial charge in [0.25, 0.3) is 0 Å². The van der Waals surface area contributed by atoms with Crippen LogP contribution in [0.4, 0.5) is 9.18 Å². The number of carbonyl (C=O) groups excluding carboxylic acids is 1. The van der Waals surface area contributed by atoms with Crippen LogP contribution in [0.2, 0.25) is 0 Å². The Labute approximate surface area is 142 Å². The van der Waals surface area contributed by atoms with Crippen molar-refractivity contribution in [3.05, 3.63) is 65.0 Å². The summed E-state index contributed by atoms with van der Waals surface area (Å²) in [5.74, 6) is 0.546. The number of hydrogen-bond donors (Lipinski definition) is 2. The number of nitrogens with one attached hydrogen (secondary N) is 2. The molecule has 2 rings (SSSR count). The van der Waals surface area contributed by atoms with Crippen molar-refractivity contribution in [1.29, 1.82) is 0 Å². The van der Waals surface area contributed by atoms with E-state index in [0.29, 0.717) is 26.1 Å². The molecule has 24 heavy (non-hydrogen) atoms. The Balaban J connectivity index is 1.59. The van der Waals surface area contributed by atoms with Gasteiger partial charge in [0.05, 0.1) is 6.54 Å². The molecule has 0 unspecified atom stereocenters. The van der Waals surface area contributed by atoms with Crippen molar-refractivity contribution >= 4 is 6.03 Å². The van der Waals surface area contributed by atoms with Gasteiger partial charge < -0.3 is 15.4 Å². The van der Waals surface area contributed by atoms with Gasteiger partial charge in [0.2, 0.25) is 0 Å². The lowest BCUT2D eigenvalue weighted by Gasteiger charge is -2.10. The Morgan fingerprint density at radius 1 is 1.00 bits per heavy atom. The number of aryl methyl sites for hydroxylation is 2. The maximum Gasteiger partial charge on any atom is 0.314 e. The van der Waals surface area contributed by atoms with Crippen LogP contribution in [0.25, 0.3) is 0 Å². The van der Waals surface area contributed by atoms with Gasteiger partial charge in [-0.15, -0.1) is 0 Å². The SMILES string of the molecule is Cc1ccc(OCCNC(=O)NCCc2ccc(F)cc2)cc1C. The Morgan fingerprint density at radius 3 is 2.42 bits per heavy atom. The lowest BCUT2D eigenvalue weighted by molar-refractivity contribution is 0.236. The van der Waals surface area contributed by atoms with Crippen LogP contribution in [-0.2, 0) is 6.42 Å². The highest BCUT2D eigenvalue weighted by atomic mass is 19.1. The highest BCUT2D eigenvalue weighted by Crippen LogP contribution is 2.15. The molecule has 4 nitrogen and oxygen atoms in total. The van der Waals surface area contributed by atoms with E-state index in [1.165, 1.54) is 23.3 Å². The first-order chi connectivity index (χ1) is 11.5. The van der Waals surface area contributed by atoms with E-state index in [0.717, 1.165) is 11.3 Å². The van der Waals surface area contributed by atoms with Crippen molar-refractivity contribution in [3.63, 3.8) is 0 Å². The van der Waals surface area contributed by atoms with Crippen molar-refractivity contribution in [3.8, 4) is 5.75 Å².